The Morgan fingerprint density at radius 1 is 1.03 bits per heavy atom. The minimum absolute atomic E-state index is 0.402. The van der Waals surface area contributed by atoms with Gasteiger partial charge in [-0.2, -0.15) is 0 Å². The summed E-state index contributed by atoms with van der Waals surface area (Å²) in [5.74, 6) is 1.21. The van der Waals surface area contributed by atoms with Crippen molar-refractivity contribution in [2.75, 3.05) is 29.9 Å². The molecule has 0 unspecified atom stereocenters. The Morgan fingerprint density at radius 3 is 2.74 bits per heavy atom. The Labute approximate surface area is 197 Å². The van der Waals surface area contributed by atoms with Crippen LogP contribution in [0.3, 0.4) is 0 Å². The van der Waals surface area contributed by atoms with E-state index in [1.165, 1.54) is 17.3 Å². The van der Waals surface area contributed by atoms with E-state index in [9.17, 15) is 8.42 Å². The maximum absolute atomic E-state index is 11.6. The molecule has 3 N–H and O–H groups in total. The highest BCUT2D eigenvalue weighted by atomic mass is 32.2. The number of hydrogen-bond acceptors (Lipinski definition) is 8. The number of benzene rings is 2. The molecular weight excluding hydrogens is 452 g/mol. The molecule has 10 heteroatoms. The molecule has 0 spiro atoms. The van der Waals surface area contributed by atoms with Crippen LogP contribution in [-0.4, -0.2) is 43.3 Å². The summed E-state index contributed by atoms with van der Waals surface area (Å²) < 4.78 is 31.2. The van der Waals surface area contributed by atoms with Gasteiger partial charge in [0.15, 0.2) is 0 Å². The average Bonchev–Trinajstić information content (AvgIpc) is 2.82. The first kappa shape index (κ1) is 22.1. The fourth-order valence-electron chi connectivity index (χ4n) is 4.03. The maximum Gasteiger partial charge on any atom is 0.229 e. The van der Waals surface area contributed by atoms with Crippen LogP contribution >= 0.6 is 0 Å². The quantitative estimate of drug-likeness (QED) is 0.387. The SMILES string of the molecule is COc1cc2c(cc1Nc1ncc3ccc(-c4cncc(NS(C)(=O)=O)c4)cc3n1)CNCC2. The van der Waals surface area contributed by atoms with Crippen molar-refractivity contribution in [3.05, 3.63) is 66.1 Å². The molecule has 0 amide bonds. The van der Waals surface area contributed by atoms with Gasteiger partial charge in [0.05, 0.1) is 36.5 Å². The van der Waals surface area contributed by atoms with Gasteiger partial charge in [0.2, 0.25) is 16.0 Å². The van der Waals surface area contributed by atoms with Gasteiger partial charge in [-0.05, 0) is 53.9 Å². The van der Waals surface area contributed by atoms with Crippen molar-refractivity contribution in [1.29, 1.82) is 0 Å². The Morgan fingerprint density at radius 2 is 1.91 bits per heavy atom. The molecule has 0 radical (unpaired) electrons. The van der Waals surface area contributed by atoms with Gasteiger partial charge in [0.25, 0.3) is 0 Å². The fourth-order valence-corrected chi connectivity index (χ4v) is 4.57. The van der Waals surface area contributed by atoms with Crippen LogP contribution in [0.2, 0.25) is 0 Å². The lowest BCUT2D eigenvalue weighted by Gasteiger charge is -2.20. The third-order valence-electron chi connectivity index (χ3n) is 5.61. The van der Waals surface area contributed by atoms with E-state index in [4.69, 9.17) is 9.72 Å². The first-order chi connectivity index (χ1) is 16.4. The third kappa shape index (κ3) is 4.78. The van der Waals surface area contributed by atoms with E-state index in [-0.39, 0.29) is 0 Å². The van der Waals surface area contributed by atoms with Gasteiger partial charge in [-0.25, -0.2) is 18.4 Å². The number of nitrogens with zero attached hydrogens (tertiary/aromatic N) is 3. The summed E-state index contributed by atoms with van der Waals surface area (Å²) in [7, 11) is -1.74. The molecule has 2 aromatic carbocycles. The summed E-state index contributed by atoms with van der Waals surface area (Å²) >= 11 is 0. The zero-order valence-electron chi connectivity index (χ0n) is 18.8. The fraction of sp³-hybridized carbons (Fsp3) is 0.208. The number of fused-ring (bicyclic) bond motifs is 2. The molecule has 0 saturated heterocycles. The summed E-state index contributed by atoms with van der Waals surface area (Å²) in [6.07, 6.45) is 6.99. The Bertz CT molecular complexity index is 1490. The van der Waals surface area contributed by atoms with E-state index in [1.54, 1.807) is 25.6 Å². The summed E-state index contributed by atoms with van der Waals surface area (Å²) in [6, 6.07) is 11.7. The summed E-state index contributed by atoms with van der Waals surface area (Å²) in [5, 5.41) is 7.57. The number of sulfonamides is 1. The van der Waals surface area contributed by atoms with Gasteiger partial charge < -0.3 is 15.4 Å². The second-order valence-corrected chi connectivity index (χ2v) is 9.93. The molecule has 0 fully saturated rings. The number of pyridine rings is 1. The van der Waals surface area contributed by atoms with Crippen molar-refractivity contribution in [1.82, 2.24) is 20.3 Å². The molecule has 5 rings (SSSR count). The van der Waals surface area contributed by atoms with Gasteiger partial charge in [0.1, 0.15) is 5.75 Å². The molecule has 0 bridgehead atoms. The zero-order chi connectivity index (χ0) is 23.7. The summed E-state index contributed by atoms with van der Waals surface area (Å²) in [5.41, 5.74) is 6.10. The van der Waals surface area contributed by atoms with Crippen LogP contribution in [0.25, 0.3) is 22.0 Å². The van der Waals surface area contributed by atoms with Crippen LogP contribution in [0.5, 0.6) is 5.75 Å². The monoisotopic (exact) mass is 476 g/mol. The highest BCUT2D eigenvalue weighted by Crippen LogP contribution is 2.32. The zero-order valence-corrected chi connectivity index (χ0v) is 19.6. The lowest BCUT2D eigenvalue weighted by molar-refractivity contribution is 0.415. The van der Waals surface area contributed by atoms with Crippen molar-refractivity contribution >= 4 is 38.2 Å². The van der Waals surface area contributed by atoms with Crippen LogP contribution in [0.15, 0.2) is 55.0 Å². The highest BCUT2D eigenvalue weighted by Gasteiger charge is 2.15. The highest BCUT2D eigenvalue weighted by molar-refractivity contribution is 7.92. The number of nitrogens with one attached hydrogen (secondary N) is 3. The molecule has 4 aromatic rings. The molecule has 174 valence electrons. The molecule has 9 nitrogen and oxygen atoms in total. The molecule has 0 atom stereocenters. The molecule has 2 aromatic heterocycles. The molecule has 34 heavy (non-hydrogen) atoms. The van der Waals surface area contributed by atoms with E-state index in [2.05, 4.69) is 37.5 Å². The van der Waals surface area contributed by atoms with E-state index in [0.717, 1.165) is 59.2 Å². The van der Waals surface area contributed by atoms with Crippen LogP contribution in [0, 0.1) is 0 Å². The largest absolute Gasteiger partial charge is 0.495 e. The summed E-state index contributed by atoms with van der Waals surface area (Å²) in [4.78, 5) is 13.3. The average molecular weight is 477 g/mol. The van der Waals surface area contributed by atoms with Crippen molar-refractivity contribution in [2.24, 2.45) is 0 Å². The normalized spacial score (nSPS) is 13.4. The third-order valence-corrected chi connectivity index (χ3v) is 6.22. The number of rotatable bonds is 6. The predicted molar refractivity (Wildman–Crippen MR) is 133 cm³/mol. The molecule has 3 heterocycles. The lowest BCUT2D eigenvalue weighted by Crippen LogP contribution is -2.23. The topological polar surface area (TPSA) is 118 Å². The smallest absolute Gasteiger partial charge is 0.229 e. The minimum Gasteiger partial charge on any atom is -0.495 e. The van der Waals surface area contributed by atoms with Gasteiger partial charge in [0, 0.05) is 29.9 Å². The van der Waals surface area contributed by atoms with Crippen molar-refractivity contribution < 1.29 is 13.2 Å². The van der Waals surface area contributed by atoms with Gasteiger partial charge in [-0.1, -0.05) is 12.1 Å². The van der Waals surface area contributed by atoms with Crippen LogP contribution < -0.4 is 20.1 Å². The first-order valence-corrected chi connectivity index (χ1v) is 12.6. The molecule has 0 saturated carbocycles. The second kappa shape index (κ2) is 8.88. The van der Waals surface area contributed by atoms with Crippen molar-refractivity contribution in [3.63, 3.8) is 0 Å². The Balaban J connectivity index is 1.47. The molecule has 1 aliphatic heterocycles. The van der Waals surface area contributed by atoms with Gasteiger partial charge in [-0.15, -0.1) is 0 Å². The second-order valence-electron chi connectivity index (χ2n) is 8.18. The van der Waals surface area contributed by atoms with Crippen molar-refractivity contribution in [2.45, 2.75) is 13.0 Å². The maximum atomic E-state index is 11.6. The lowest BCUT2D eigenvalue weighted by atomic mass is 10.00. The minimum atomic E-state index is -3.39. The molecule has 1 aliphatic rings. The van der Waals surface area contributed by atoms with Crippen LogP contribution in [0.1, 0.15) is 11.1 Å². The number of anilines is 3. The Hall–Kier alpha value is -3.76. The van der Waals surface area contributed by atoms with Gasteiger partial charge >= 0.3 is 0 Å². The standard InChI is InChI=1S/C24H24N6O3S/c1-33-23-10-16-5-6-25-11-19(16)9-22(23)29-24-27-13-17-4-3-15(8-21(17)28-24)18-7-20(14-26-12-18)30-34(2,31)32/h3-4,7-10,12-14,25,30H,5-6,11H2,1-2H3,(H,27,28,29). The van der Waals surface area contributed by atoms with Crippen molar-refractivity contribution in [3.8, 4) is 16.9 Å². The van der Waals surface area contributed by atoms with E-state index in [1.807, 2.05) is 18.2 Å². The summed E-state index contributed by atoms with van der Waals surface area (Å²) in [6.45, 7) is 1.78. The predicted octanol–water partition coefficient (Wildman–Crippen LogP) is 3.46. The Kier molecular flexibility index (Phi) is 5.76. The molecular formula is C24H24N6O3S. The van der Waals surface area contributed by atoms with Crippen LogP contribution in [0.4, 0.5) is 17.3 Å². The van der Waals surface area contributed by atoms with Crippen LogP contribution in [-0.2, 0) is 23.0 Å². The number of hydrogen-bond donors (Lipinski definition) is 3. The number of aromatic nitrogens is 3. The van der Waals surface area contributed by atoms with Gasteiger partial charge in [-0.3, -0.25) is 9.71 Å². The molecule has 0 aliphatic carbocycles. The van der Waals surface area contributed by atoms with E-state index < -0.39 is 10.0 Å². The first-order valence-electron chi connectivity index (χ1n) is 10.8. The van der Waals surface area contributed by atoms with E-state index >= 15 is 0 Å². The number of ether oxygens (including phenoxy) is 1. The number of methoxy groups -OCH3 is 1. The van der Waals surface area contributed by atoms with E-state index in [0.29, 0.717) is 11.6 Å².